The van der Waals surface area contributed by atoms with Crippen LogP contribution in [0.2, 0.25) is 0 Å². The molecule has 0 bridgehead atoms. The molecule has 3 heterocycles. The molecule has 0 unspecified atom stereocenters. The lowest BCUT2D eigenvalue weighted by molar-refractivity contribution is -0.199. The molecule has 0 saturated heterocycles. The van der Waals surface area contributed by atoms with Crippen LogP contribution in [0.4, 0.5) is 23.4 Å². The van der Waals surface area contributed by atoms with Gasteiger partial charge < -0.3 is 10.1 Å². The largest absolute Gasteiger partial charge is 0.490 e. The van der Waals surface area contributed by atoms with Gasteiger partial charge in [0.05, 0.1) is 5.69 Å². The number of amides is 1. The molecule has 0 aliphatic carbocycles. The van der Waals surface area contributed by atoms with Crippen molar-refractivity contribution in [3.05, 3.63) is 66.7 Å². The number of esters is 1. The van der Waals surface area contributed by atoms with Crippen molar-refractivity contribution < 1.29 is 31.9 Å². The Balaban J connectivity index is 1.65. The number of rotatable bonds is 5. The van der Waals surface area contributed by atoms with Crippen molar-refractivity contribution in [2.24, 2.45) is 0 Å². The topological polar surface area (TPSA) is 98.5 Å². The van der Waals surface area contributed by atoms with E-state index in [1.54, 1.807) is 41.0 Å². The van der Waals surface area contributed by atoms with E-state index in [0.29, 0.717) is 28.2 Å². The molecule has 168 valence electrons. The minimum Gasteiger partial charge on any atom is -0.449 e. The third-order valence-corrected chi connectivity index (χ3v) is 4.38. The lowest BCUT2D eigenvalue weighted by atomic mass is 10.1. The smallest absolute Gasteiger partial charge is 0.449 e. The highest BCUT2D eigenvalue weighted by atomic mass is 19.4. The molecule has 33 heavy (non-hydrogen) atoms. The molecule has 0 aliphatic rings. The number of carbonyl (C=O) groups is 2. The first-order chi connectivity index (χ1) is 15.7. The number of anilines is 1. The van der Waals surface area contributed by atoms with Gasteiger partial charge in [-0.3, -0.25) is 4.79 Å². The molecule has 0 radical (unpaired) electrons. The molecule has 0 spiro atoms. The van der Waals surface area contributed by atoms with Crippen LogP contribution in [-0.4, -0.2) is 44.2 Å². The Bertz CT molecular complexity index is 1340. The number of hydrogen-bond donors (Lipinski definition) is 1. The van der Waals surface area contributed by atoms with Gasteiger partial charge in [0.1, 0.15) is 17.3 Å². The van der Waals surface area contributed by atoms with Gasteiger partial charge >= 0.3 is 12.1 Å². The molecule has 4 aromatic rings. The molecule has 0 saturated carbocycles. The van der Waals surface area contributed by atoms with E-state index in [4.69, 9.17) is 0 Å². The summed E-state index contributed by atoms with van der Waals surface area (Å²) in [7, 11) is 0. The Morgan fingerprint density at radius 1 is 1.03 bits per heavy atom. The average Bonchev–Trinajstić information content (AvgIpc) is 3.17. The summed E-state index contributed by atoms with van der Waals surface area (Å²) in [5.41, 5.74) is 2.62. The van der Waals surface area contributed by atoms with E-state index in [2.05, 4.69) is 25.1 Å². The second kappa shape index (κ2) is 8.65. The van der Waals surface area contributed by atoms with Gasteiger partial charge in [0.25, 0.3) is 5.91 Å². The summed E-state index contributed by atoms with van der Waals surface area (Å²) < 4.78 is 55.5. The minimum atomic E-state index is -5.20. The van der Waals surface area contributed by atoms with Crippen LogP contribution in [-0.2, 0) is 14.3 Å². The summed E-state index contributed by atoms with van der Waals surface area (Å²) >= 11 is 0. The fourth-order valence-corrected chi connectivity index (χ4v) is 2.99. The van der Waals surface area contributed by atoms with Crippen LogP contribution >= 0.6 is 0 Å². The molecule has 1 aromatic carbocycles. The number of ether oxygens (including phenoxy) is 1. The van der Waals surface area contributed by atoms with Crippen molar-refractivity contribution in [2.45, 2.75) is 6.18 Å². The van der Waals surface area contributed by atoms with Crippen molar-refractivity contribution in [2.75, 3.05) is 11.9 Å². The van der Waals surface area contributed by atoms with Crippen LogP contribution in [0.1, 0.15) is 0 Å². The van der Waals surface area contributed by atoms with Crippen LogP contribution in [0.25, 0.3) is 28.2 Å². The standard InChI is InChI=1S/C21H13F4N5O3/c22-14-5-3-12(4-6-14)18-19(30-16(29-18)2-1-8-27-30)13-7-9-26-15(10-13)28-17(31)11-33-20(32)21(23,24)25/h1-10H,11H2,(H,26,28,31). The van der Waals surface area contributed by atoms with Gasteiger partial charge in [-0.05, 0) is 48.5 Å². The fraction of sp³-hybridized carbons (Fsp3) is 0.0952. The third-order valence-electron chi connectivity index (χ3n) is 4.38. The van der Waals surface area contributed by atoms with E-state index >= 15 is 0 Å². The number of imidazole rings is 1. The molecule has 8 nitrogen and oxygen atoms in total. The quantitative estimate of drug-likeness (QED) is 0.362. The Morgan fingerprint density at radius 3 is 2.52 bits per heavy atom. The van der Waals surface area contributed by atoms with E-state index < -0.39 is 30.5 Å². The number of fused-ring (bicyclic) bond motifs is 1. The number of hydrogen-bond acceptors (Lipinski definition) is 6. The molecule has 0 aliphatic heterocycles. The highest BCUT2D eigenvalue weighted by Crippen LogP contribution is 2.33. The first-order valence-electron chi connectivity index (χ1n) is 9.32. The van der Waals surface area contributed by atoms with Gasteiger partial charge in [-0.25, -0.2) is 23.7 Å². The maximum Gasteiger partial charge on any atom is 0.490 e. The second-order valence-corrected chi connectivity index (χ2v) is 6.66. The average molecular weight is 459 g/mol. The first-order valence-corrected chi connectivity index (χ1v) is 9.32. The van der Waals surface area contributed by atoms with Crippen LogP contribution in [0, 0.1) is 5.82 Å². The molecule has 4 rings (SSSR count). The SMILES string of the molecule is O=C(COC(=O)C(F)(F)F)Nc1cc(-c2c(-c3ccc(F)cc3)nc3cccnn23)ccn1. The zero-order valence-electron chi connectivity index (χ0n) is 16.5. The first kappa shape index (κ1) is 21.9. The molecule has 0 atom stereocenters. The number of benzene rings is 1. The van der Waals surface area contributed by atoms with Crippen molar-refractivity contribution >= 4 is 23.3 Å². The maximum absolute atomic E-state index is 13.4. The van der Waals surface area contributed by atoms with Crippen LogP contribution < -0.4 is 5.32 Å². The van der Waals surface area contributed by atoms with Crippen molar-refractivity contribution in [3.63, 3.8) is 0 Å². The number of halogens is 4. The summed E-state index contributed by atoms with van der Waals surface area (Å²) in [5.74, 6) is -3.90. The fourth-order valence-electron chi connectivity index (χ4n) is 2.99. The zero-order chi connectivity index (χ0) is 23.6. The van der Waals surface area contributed by atoms with Gasteiger partial charge in [-0.1, -0.05) is 0 Å². The summed E-state index contributed by atoms with van der Waals surface area (Å²) in [6.07, 6.45) is -2.29. The summed E-state index contributed by atoms with van der Waals surface area (Å²) in [6, 6.07) is 12.2. The molecule has 0 fully saturated rings. The number of nitrogens with zero attached hydrogens (tertiary/aromatic N) is 4. The van der Waals surface area contributed by atoms with Crippen molar-refractivity contribution in [1.29, 1.82) is 0 Å². The molecule has 1 amide bonds. The number of aromatic nitrogens is 4. The van der Waals surface area contributed by atoms with Crippen LogP contribution in [0.3, 0.4) is 0 Å². The zero-order valence-corrected chi connectivity index (χ0v) is 16.5. The minimum absolute atomic E-state index is 0.00325. The third kappa shape index (κ3) is 4.79. The lowest BCUT2D eigenvalue weighted by Gasteiger charge is -2.09. The second-order valence-electron chi connectivity index (χ2n) is 6.66. The number of pyridine rings is 1. The molecule has 1 N–H and O–H groups in total. The monoisotopic (exact) mass is 459 g/mol. The number of carbonyl (C=O) groups excluding carboxylic acids is 2. The summed E-state index contributed by atoms with van der Waals surface area (Å²) in [6.45, 7) is -1.14. The van der Waals surface area contributed by atoms with E-state index in [9.17, 15) is 27.2 Å². The normalized spacial score (nSPS) is 11.4. The lowest BCUT2D eigenvalue weighted by Crippen LogP contribution is -2.29. The highest BCUT2D eigenvalue weighted by molar-refractivity contribution is 5.93. The predicted octanol–water partition coefficient (Wildman–Crippen LogP) is 3.64. The Kier molecular flexibility index (Phi) is 5.73. The van der Waals surface area contributed by atoms with E-state index in [1.165, 1.54) is 24.4 Å². The Morgan fingerprint density at radius 2 is 1.79 bits per heavy atom. The molecular weight excluding hydrogens is 446 g/mol. The molecular formula is C21H13F4N5O3. The van der Waals surface area contributed by atoms with Crippen LogP contribution in [0.15, 0.2) is 60.9 Å². The van der Waals surface area contributed by atoms with Crippen molar-refractivity contribution in [3.8, 4) is 22.5 Å². The van der Waals surface area contributed by atoms with Gasteiger partial charge in [0.15, 0.2) is 12.3 Å². The summed E-state index contributed by atoms with van der Waals surface area (Å²) in [5, 5.41) is 6.56. The predicted molar refractivity (Wildman–Crippen MR) is 107 cm³/mol. The van der Waals surface area contributed by atoms with E-state index in [1.807, 2.05) is 0 Å². The molecule has 12 heteroatoms. The van der Waals surface area contributed by atoms with Gasteiger partial charge in [0.2, 0.25) is 0 Å². The number of alkyl halides is 3. The van der Waals surface area contributed by atoms with Gasteiger partial charge in [-0.15, -0.1) is 0 Å². The van der Waals surface area contributed by atoms with Crippen LogP contribution in [0.5, 0.6) is 0 Å². The highest BCUT2D eigenvalue weighted by Gasteiger charge is 2.41. The van der Waals surface area contributed by atoms with E-state index in [-0.39, 0.29) is 5.82 Å². The number of nitrogens with one attached hydrogen (secondary N) is 1. The van der Waals surface area contributed by atoms with Gasteiger partial charge in [0, 0.05) is 23.5 Å². The van der Waals surface area contributed by atoms with Gasteiger partial charge in [-0.2, -0.15) is 18.3 Å². The van der Waals surface area contributed by atoms with Crippen molar-refractivity contribution in [1.82, 2.24) is 19.6 Å². The Hall–Kier alpha value is -4.35. The maximum atomic E-state index is 13.4. The molecule has 3 aromatic heterocycles. The Labute approximate surface area is 182 Å². The van der Waals surface area contributed by atoms with E-state index in [0.717, 1.165) is 0 Å². The summed E-state index contributed by atoms with van der Waals surface area (Å²) in [4.78, 5) is 31.2.